The average Bonchev–Trinajstić information content (AvgIpc) is 3.07. The van der Waals surface area contributed by atoms with E-state index >= 15 is 0 Å². The highest BCUT2D eigenvalue weighted by Gasteiger charge is 2.23. The Labute approximate surface area is 168 Å². The van der Waals surface area contributed by atoms with Gasteiger partial charge in [0.1, 0.15) is 12.4 Å². The molecule has 1 N–H and O–H groups in total. The third-order valence-electron chi connectivity index (χ3n) is 4.95. The first-order chi connectivity index (χ1) is 14.2. The molecule has 0 fully saturated rings. The highest BCUT2D eigenvalue weighted by atomic mass is 16.5. The lowest BCUT2D eigenvalue weighted by molar-refractivity contribution is -0.148. The quantitative estimate of drug-likeness (QED) is 0.521. The fourth-order valence-electron chi connectivity index (χ4n) is 3.48. The second-order valence-corrected chi connectivity index (χ2v) is 6.68. The number of nitrogens with zero attached hydrogens (tertiary/aromatic N) is 2. The van der Waals surface area contributed by atoms with E-state index in [0.717, 1.165) is 39.1 Å². The molecule has 4 rings (SSSR count). The highest BCUT2D eigenvalue weighted by Crippen LogP contribution is 2.42. The Morgan fingerprint density at radius 2 is 1.62 bits per heavy atom. The number of carboxylic acid groups (broad SMARTS) is 1. The number of aliphatic carboxylic acids is 1. The molecule has 1 unspecified atom stereocenters. The molecular formula is C23H20N2O4. The summed E-state index contributed by atoms with van der Waals surface area (Å²) in [6.45, 7) is 0.411. The molecule has 1 aromatic carbocycles. The predicted octanol–water partition coefficient (Wildman–Crippen LogP) is 3.61. The number of carbonyl (C=O) groups is 1. The third-order valence-corrected chi connectivity index (χ3v) is 4.95. The standard InChI is InChI=1S/C23H20N2O4/c1-28-22(23(26)27)12-15-2-4-16(5-3-15)29-11-8-19-17-6-9-24-13-20(17)21-14-25-10-7-18(19)21/h2-10,13-14,22H,11-12H2,1H3,(H,26,27). The smallest absolute Gasteiger partial charge is 0.333 e. The third kappa shape index (κ3) is 3.88. The number of ether oxygens (including phenoxy) is 2. The molecule has 146 valence electrons. The van der Waals surface area contributed by atoms with Crippen LogP contribution in [0.3, 0.4) is 0 Å². The van der Waals surface area contributed by atoms with Gasteiger partial charge < -0.3 is 14.6 Å². The Bertz CT molecular complexity index is 1010. The summed E-state index contributed by atoms with van der Waals surface area (Å²) in [5.74, 6) is -0.250. The molecule has 0 spiro atoms. The van der Waals surface area contributed by atoms with Gasteiger partial charge in [-0.15, -0.1) is 0 Å². The minimum Gasteiger partial charge on any atom is -0.490 e. The number of rotatable bonds is 7. The van der Waals surface area contributed by atoms with Gasteiger partial charge in [-0.05, 0) is 52.6 Å². The first-order valence-electron chi connectivity index (χ1n) is 9.24. The number of hydrogen-bond acceptors (Lipinski definition) is 5. The van der Waals surface area contributed by atoms with Crippen molar-refractivity contribution < 1.29 is 19.4 Å². The molecule has 0 aliphatic heterocycles. The van der Waals surface area contributed by atoms with Crippen molar-refractivity contribution >= 4 is 11.5 Å². The molecule has 2 aromatic heterocycles. The molecule has 1 aliphatic carbocycles. The van der Waals surface area contributed by atoms with Gasteiger partial charge in [0.2, 0.25) is 0 Å². The Morgan fingerprint density at radius 3 is 2.17 bits per heavy atom. The Balaban J connectivity index is 1.46. The van der Waals surface area contributed by atoms with E-state index in [1.165, 1.54) is 7.11 Å². The van der Waals surface area contributed by atoms with E-state index in [4.69, 9.17) is 14.6 Å². The van der Waals surface area contributed by atoms with Crippen LogP contribution in [-0.2, 0) is 16.0 Å². The number of hydrogen-bond donors (Lipinski definition) is 1. The van der Waals surface area contributed by atoms with E-state index in [0.29, 0.717) is 13.0 Å². The molecule has 6 heteroatoms. The topological polar surface area (TPSA) is 81.5 Å². The summed E-state index contributed by atoms with van der Waals surface area (Å²) in [6, 6.07) is 11.4. The van der Waals surface area contributed by atoms with Gasteiger partial charge in [0.25, 0.3) is 0 Å². The van der Waals surface area contributed by atoms with Crippen LogP contribution in [0.5, 0.6) is 5.75 Å². The molecular weight excluding hydrogens is 368 g/mol. The van der Waals surface area contributed by atoms with Crippen molar-refractivity contribution in [3.05, 3.63) is 84.0 Å². The van der Waals surface area contributed by atoms with Gasteiger partial charge in [0, 0.05) is 49.4 Å². The molecule has 0 radical (unpaired) electrons. The van der Waals surface area contributed by atoms with Gasteiger partial charge in [-0.1, -0.05) is 12.1 Å². The lowest BCUT2D eigenvalue weighted by atomic mass is 10.1. The number of aromatic nitrogens is 2. The molecule has 0 bridgehead atoms. The van der Waals surface area contributed by atoms with Crippen LogP contribution in [0.4, 0.5) is 0 Å². The van der Waals surface area contributed by atoms with Crippen molar-refractivity contribution in [2.75, 3.05) is 13.7 Å². The monoisotopic (exact) mass is 388 g/mol. The number of fused-ring (bicyclic) bond motifs is 3. The zero-order chi connectivity index (χ0) is 20.2. The van der Waals surface area contributed by atoms with Crippen LogP contribution < -0.4 is 4.74 Å². The molecule has 0 amide bonds. The van der Waals surface area contributed by atoms with Crippen molar-refractivity contribution in [3.63, 3.8) is 0 Å². The lowest BCUT2D eigenvalue weighted by Gasteiger charge is -2.11. The number of methoxy groups -OCH3 is 1. The van der Waals surface area contributed by atoms with Gasteiger partial charge in [0.15, 0.2) is 6.10 Å². The zero-order valence-electron chi connectivity index (χ0n) is 15.9. The molecule has 3 aromatic rings. The summed E-state index contributed by atoms with van der Waals surface area (Å²) in [6.07, 6.45) is 8.82. The minimum atomic E-state index is -0.970. The summed E-state index contributed by atoms with van der Waals surface area (Å²) in [4.78, 5) is 19.5. The second-order valence-electron chi connectivity index (χ2n) is 6.68. The number of benzene rings is 1. The van der Waals surface area contributed by atoms with E-state index in [2.05, 4.69) is 16.0 Å². The van der Waals surface area contributed by atoms with Crippen molar-refractivity contribution in [2.24, 2.45) is 0 Å². The SMILES string of the molecule is COC(Cc1ccc(OCC=C2c3ccncc3-c3cnccc32)cc1)C(=O)O. The van der Waals surface area contributed by atoms with E-state index in [1.54, 1.807) is 12.4 Å². The Hall–Kier alpha value is -3.51. The van der Waals surface area contributed by atoms with Crippen molar-refractivity contribution in [2.45, 2.75) is 12.5 Å². The van der Waals surface area contributed by atoms with Crippen LogP contribution in [0, 0.1) is 0 Å². The first-order valence-corrected chi connectivity index (χ1v) is 9.24. The normalized spacial score (nSPS) is 12.8. The largest absolute Gasteiger partial charge is 0.490 e. The van der Waals surface area contributed by atoms with E-state index < -0.39 is 12.1 Å². The van der Waals surface area contributed by atoms with Gasteiger partial charge in [-0.3, -0.25) is 9.97 Å². The Kier molecular flexibility index (Phi) is 5.35. The predicted molar refractivity (Wildman–Crippen MR) is 109 cm³/mol. The molecule has 0 saturated carbocycles. The average molecular weight is 388 g/mol. The summed E-state index contributed by atoms with van der Waals surface area (Å²) in [5.41, 5.74) is 6.40. The van der Waals surface area contributed by atoms with Crippen LogP contribution in [0.25, 0.3) is 16.7 Å². The Morgan fingerprint density at radius 1 is 1.00 bits per heavy atom. The van der Waals surface area contributed by atoms with Crippen LogP contribution in [-0.4, -0.2) is 40.9 Å². The fraction of sp³-hybridized carbons (Fsp3) is 0.174. The highest BCUT2D eigenvalue weighted by molar-refractivity contribution is 6.00. The van der Waals surface area contributed by atoms with Gasteiger partial charge >= 0.3 is 5.97 Å². The van der Waals surface area contributed by atoms with Crippen LogP contribution in [0.1, 0.15) is 16.7 Å². The van der Waals surface area contributed by atoms with Crippen LogP contribution in [0.2, 0.25) is 0 Å². The summed E-state index contributed by atoms with van der Waals surface area (Å²) in [5, 5.41) is 9.08. The van der Waals surface area contributed by atoms with Crippen molar-refractivity contribution in [3.8, 4) is 16.9 Å². The fourth-order valence-corrected chi connectivity index (χ4v) is 3.48. The van der Waals surface area contributed by atoms with Gasteiger partial charge in [-0.25, -0.2) is 4.79 Å². The van der Waals surface area contributed by atoms with Crippen LogP contribution >= 0.6 is 0 Å². The van der Waals surface area contributed by atoms with E-state index in [1.807, 2.05) is 48.8 Å². The molecule has 6 nitrogen and oxygen atoms in total. The molecule has 1 aliphatic rings. The minimum absolute atomic E-state index is 0.311. The van der Waals surface area contributed by atoms with Gasteiger partial charge in [-0.2, -0.15) is 0 Å². The second kappa shape index (κ2) is 8.24. The molecule has 29 heavy (non-hydrogen) atoms. The maximum atomic E-state index is 11.1. The maximum Gasteiger partial charge on any atom is 0.333 e. The summed E-state index contributed by atoms with van der Waals surface area (Å²) in [7, 11) is 1.40. The molecule has 0 saturated heterocycles. The maximum absolute atomic E-state index is 11.1. The summed E-state index contributed by atoms with van der Waals surface area (Å²) < 4.78 is 10.9. The van der Waals surface area contributed by atoms with Crippen molar-refractivity contribution in [1.29, 1.82) is 0 Å². The van der Waals surface area contributed by atoms with Crippen LogP contribution in [0.15, 0.2) is 67.3 Å². The van der Waals surface area contributed by atoms with Gasteiger partial charge in [0.05, 0.1) is 0 Å². The van der Waals surface area contributed by atoms with Crippen molar-refractivity contribution in [1.82, 2.24) is 9.97 Å². The summed E-state index contributed by atoms with van der Waals surface area (Å²) >= 11 is 0. The van der Waals surface area contributed by atoms with E-state index in [9.17, 15) is 4.79 Å². The zero-order valence-corrected chi connectivity index (χ0v) is 15.9. The molecule has 2 heterocycles. The van der Waals surface area contributed by atoms with E-state index in [-0.39, 0.29) is 0 Å². The number of carboxylic acids is 1. The molecule has 1 atom stereocenters. The number of pyridine rings is 2. The first kappa shape index (κ1) is 18.8. The lowest BCUT2D eigenvalue weighted by Crippen LogP contribution is -2.24.